The third kappa shape index (κ3) is 34.2. The van der Waals surface area contributed by atoms with E-state index in [4.69, 9.17) is 14.2 Å². The molecule has 0 rings (SSSR count). The lowest BCUT2D eigenvalue weighted by atomic mass is 10.1. The molecular weight excluding hydrogens is 600 g/mol. The van der Waals surface area contributed by atoms with Crippen LogP contribution >= 0.6 is 0 Å². The highest BCUT2D eigenvalue weighted by atomic mass is 16.6. The van der Waals surface area contributed by atoms with E-state index in [1.165, 1.54) is 25.7 Å². The highest BCUT2D eigenvalue weighted by Crippen LogP contribution is 2.09. The van der Waals surface area contributed by atoms with Gasteiger partial charge in [-0.15, -0.1) is 0 Å². The maximum Gasteiger partial charge on any atom is 0.306 e. The predicted molar refractivity (Wildman–Crippen MR) is 201 cm³/mol. The quantitative estimate of drug-likeness (QED) is 0.0307. The molecule has 0 fully saturated rings. The molecule has 0 aliphatic heterocycles. The van der Waals surface area contributed by atoms with Crippen LogP contribution in [0.5, 0.6) is 0 Å². The normalized spacial score (nSPS) is 12.8. The average Bonchev–Trinajstić information content (AvgIpc) is 3.08. The number of esters is 3. The molecule has 272 valence electrons. The second-order valence-electron chi connectivity index (χ2n) is 12.1. The lowest BCUT2D eigenvalue weighted by Gasteiger charge is -2.18. The molecule has 0 aliphatic rings. The molecule has 0 aromatic carbocycles. The minimum atomic E-state index is -0.813. The third-order valence-corrected chi connectivity index (χ3v) is 7.43. The van der Waals surface area contributed by atoms with Gasteiger partial charge in [0.1, 0.15) is 13.2 Å². The van der Waals surface area contributed by atoms with Crippen LogP contribution in [0.1, 0.15) is 156 Å². The van der Waals surface area contributed by atoms with Gasteiger partial charge in [-0.3, -0.25) is 14.4 Å². The van der Waals surface area contributed by atoms with E-state index in [9.17, 15) is 14.4 Å². The summed E-state index contributed by atoms with van der Waals surface area (Å²) < 4.78 is 16.4. The molecule has 0 aliphatic carbocycles. The van der Waals surface area contributed by atoms with Crippen molar-refractivity contribution >= 4 is 17.9 Å². The molecule has 48 heavy (non-hydrogen) atoms. The Morgan fingerprint density at radius 1 is 0.438 bits per heavy atom. The van der Waals surface area contributed by atoms with Gasteiger partial charge < -0.3 is 14.2 Å². The fourth-order valence-electron chi connectivity index (χ4n) is 4.61. The van der Waals surface area contributed by atoms with Gasteiger partial charge in [-0.05, 0) is 96.3 Å². The topological polar surface area (TPSA) is 78.9 Å². The van der Waals surface area contributed by atoms with E-state index in [2.05, 4.69) is 93.7 Å². The van der Waals surface area contributed by atoms with E-state index in [-0.39, 0.29) is 37.5 Å². The molecule has 0 radical (unpaired) electrons. The summed E-state index contributed by atoms with van der Waals surface area (Å²) in [7, 11) is 0. The summed E-state index contributed by atoms with van der Waals surface area (Å²) in [5.41, 5.74) is 0. The van der Waals surface area contributed by atoms with Crippen LogP contribution in [0, 0.1) is 0 Å². The van der Waals surface area contributed by atoms with Crippen molar-refractivity contribution in [3.8, 4) is 0 Å². The van der Waals surface area contributed by atoms with Gasteiger partial charge in [0.2, 0.25) is 0 Å². The first-order chi connectivity index (χ1) is 23.5. The van der Waals surface area contributed by atoms with Gasteiger partial charge in [-0.1, -0.05) is 113 Å². The first kappa shape index (κ1) is 44.9. The van der Waals surface area contributed by atoms with Crippen LogP contribution in [0.15, 0.2) is 72.9 Å². The summed E-state index contributed by atoms with van der Waals surface area (Å²) in [4.78, 5) is 37.3. The van der Waals surface area contributed by atoms with Crippen molar-refractivity contribution in [3.63, 3.8) is 0 Å². The zero-order valence-corrected chi connectivity index (χ0v) is 30.7. The fraction of sp³-hybridized carbons (Fsp3) is 0.643. The summed E-state index contributed by atoms with van der Waals surface area (Å²) in [6.07, 6.45) is 43.4. The Morgan fingerprint density at radius 2 is 0.833 bits per heavy atom. The number of carbonyl (C=O) groups is 3. The van der Waals surface area contributed by atoms with E-state index >= 15 is 0 Å². The molecule has 0 N–H and O–H groups in total. The SMILES string of the molecule is CC/C=C\C/C=C\C/C=C\CCCCC(=O)OCC(COC(=O)CCC/C=C\CCCCCC)OC(=O)CCCC/C=C\C/C=C\CC. The molecule has 0 aromatic rings. The fourth-order valence-corrected chi connectivity index (χ4v) is 4.61. The van der Waals surface area contributed by atoms with Gasteiger partial charge in [0.15, 0.2) is 6.10 Å². The van der Waals surface area contributed by atoms with Gasteiger partial charge in [0, 0.05) is 19.3 Å². The molecule has 0 saturated heterocycles. The zero-order valence-electron chi connectivity index (χ0n) is 30.7. The number of allylic oxidation sites excluding steroid dienone is 12. The van der Waals surface area contributed by atoms with Crippen molar-refractivity contribution in [2.75, 3.05) is 13.2 Å². The molecule has 0 heterocycles. The van der Waals surface area contributed by atoms with E-state index in [1.54, 1.807) is 0 Å². The standard InChI is InChI=1S/C42H68O6/c1-4-7-10-13-16-19-20-21-24-26-29-32-35-41(44)47-38-39(48-42(45)36-33-30-27-23-18-15-12-9-6-3)37-46-40(43)34-31-28-25-22-17-14-11-8-5-2/h7,9-10,12,16,18-19,21-25,39H,4-6,8,11,13-15,17,20,26-38H2,1-3H3/b10-7-,12-9-,19-16-,23-18-,24-21-,25-22-. The Balaban J connectivity index is 4.52. The monoisotopic (exact) mass is 669 g/mol. The molecular formula is C42H68O6. The Kier molecular flexibility index (Phi) is 34.3. The van der Waals surface area contributed by atoms with Crippen LogP contribution in [0.25, 0.3) is 0 Å². The van der Waals surface area contributed by atoms with E-state index in [0.717, 1.165) is 77.0 Å². The van der Waals surface area contributed by atoms with Crippen molar-refractivity contribution in [3.05, 3.63) is 72.9 Å². The minimum absolute atomic E-state index is 0.118. The van der Waals surface area contributed by atoms with Gasteiger partial charge in [-0.25, -0.2) is 0 Å². The number of carbonyl (C=O) groups excluding carboxylic acids is 3. The number of hydrogen-bond acceptors (Lipinski definition) is 6. The summed E-state index contributed by atoms with van der Waals surface area (Å²) in [5.74, 6) is -1.04. The van der Waals surface area contributed by atoms with Crippen LogP contribution in [-0.4, -0.2) is 37.2 Å². The maximum atomic E-state index is 12.6. The van der Waals surface area contributed by atoms with Crippen LogP contribution in [-0.2, 0) is 28.6 Å². The zero-order chi connectivity index (χ0) is 35.2. The largest absolute Gasteiger partial charge is 0.462 e. The van der Waals surface area contributed by atoms with Crippen molar-refractivity contribution < 1.29 is 28.6 Å². The van der Waals surface area contributed by atoms with Gasteiger partial charge in [0.25, 0.3) is 0 Å². The molecule has 0 amide bonds. The highest BCUT2D eigenvalue weighted by molar-refractivity contribution is 5.71. The Labute approximate surface area is 293 Å². The van der Waals surface area contributed by atoms with Crippen molar-refractivity contribution in [1.29, 1.82) is 0 Å². The third-order valence-electron chi connectivity index (χ3n) is 7.43. The number of rotatable bonds is 32. The smallest absolute Gasteiger partial charge is 0.306 e. The van der Waals surface area contributed by atoms with Gasteiger partial charge in [0.05, 0.1) is 0 Å². The molecule has 0 spiro atoms. The Hall–Kier alpha value is -3.15. The minimum Gasteiger partial charge on any atom is -0.462 e. The summed E-state index contributed by atoms with van der Waals surface area (Å²) >= 11 is 0. The molecule has 6 nitrogen and oxygen atoms in total. The summed E-state index contributed by atoms with van der Waals surface area (Å²) in [5, 5.41) is 0. The summed E-state index contributed by atoms with van der Waals surface area (Å²) in [6.45, 7) is 6.22. The molecule has 6 heteroatoms. The van der Waals surface area contributed by atoms with Crippen molar-refractivity contribution in [2.24, 2.45) is 0 Å². The predicted octanol–water partition coefficient (Wildman–Crippen LogP) is 11.6. The summed E-state index contributed by atoms with van der Waals surface area (Å²) in [6, 6.07) is 0. The van der Waals surface area contributed by atoms with Crippen LogP contribution in [0.3, 0.4) is 0 Å². The second kappa shape index (κ2) is 36.7. The van der Waals surface area contributed by atoms with E-state index < -0.39 is 6.10 Å². The van der Waals surface area contributed by atoms with Crippen LogP contribution in [0.2, 0.25) is 0 Å². The Bertz CT molecular complexity index is 955. The number of unbranched alkanes of at least 4 members (excludes halogenated alkanes) is 9. The lowest BCUT2D eigenvalue weighted by molar-refractivity contribution is -0.167. The number of ether oxygens (including phenoxy) is 3. The molecule has 0 bridgehead atoms. The number of hydrogen-bond donors (Lipinski definition) is 0. The van der Waals surface area contributed by atoms with Crippen molar-refractivity contribution in [2.45, 2.75) is 162 Å². The van der Waals surface area contributed by atoms with Crippen LogP contribution in [0.4, 0.5) is 0 Å². The van der Waals surface area contributed by atoms with Gasteiger partial charge >= 0.3 is 17.9 Å². The molecule has 0 saturated carbocycles. The van der Waals surface area contributed by atoms with Crippen LogP contribution < -0.4 is 0 Å². The maximum absolute atomic E-state index is 12.6. The second-order valence-corrected chi connectivity index (χ2v) is 12.1. The van der Waals surface area contributed by atoms with E-state index in [1.807, 2.05) is 0 Å². The average molecular weight is 669 g/mol. The molecule has 1 unspecified atom stereocenters. The highest BCUT2D eigenvalue weighted by Gasteiger charge is 2.19. The van der Waals surface area contributed by atoms with Crippen molar-refractivity contribution in [1.82, 2.24) is 0 Å². The Morgan fingerprint density at radius 3 is 1.33 bits per heavy atom. The first-order valence-electron chi connectivity index (χ1n) is 18.9. The lowest BCUT2D eigenvalue weighted by Crippen LogP contribution is -2.30. The molecule has 1 atom stereocenters. The molecule has 0 aromatic heterocycles. The first-order valence-corrected chi connectivity index (χ1v) is 18.9. The van der Waals surface area contributed by atoms with E-state index in [0.29, 0.717) is 25.7 Å². The van der Waals surface area contributed by atoms with Gasteiger partial charge in [-0.2, -0.15) is 0 Å².